The number of benzene rings is 1. The SMILES string of the molecule is CC1(C)OC[C@H](C2(F)C=Cc3ccccc3O2)O1. The molecule has 1 aromatic rings. The van der Waals surface area contributed by atoms with Gasteiger partial charge in [0, 0.05) is 5.56 Å². The highest BCUT2D eigenvalue weighted by Crippen LogP contribution is 2.38. The zero-order chi connectivity index (χ0) is 12.8. The number of halogens is 1. The Hall–Kier alpha value is -1.39. The van der Waals surface area contributed by atoms with Crippen LogP contribution in [0.3, 0.4) is 0 Å². The summed E-state index contributed by atoms with van der Waals surface area (Å²) in [5.74, 6) is -2.21. The molecule has 1 fully saturated rings. The van der Waals surface area contributed by atoms with Gasteiger partial charge in [0.2, 0.25) is 0 Å². The Bertz CT molecular complexity index is 498. The summed E-state index contributed by atoms with van der Waals surface area (Å²) in [6, 6.07) is 7.32. The molecular weight excluding hydrogens is 235 g/mol. The molecule has 1 saturated heterocycles. The van der Waals surface area contributed by atoms with E-state index in [1.54, 1.807) is 26.0 Å². The molecule has 2 aliphatic rings. The molecule has 0 saturated carbocycles. The maximum atomic E-state index is 14.8. The smallest absolute Gasteiger partial charge is 0.295 e. The minimum absolute atomic E-state index is 0.177. The molecule has 2 atom stereocenters. The van der Waals surface area contributed by atoms with Gasteiger partial charge in [-0.1, -0.05) is 18.2 Å². The van der Waals surface area contributed by atoms with Crippen molar-refractivity contribution in [2.45, 2.75) is 31.6 Å². The number of hydrogen-bond donors (Lipinski definition) is 0. The van der Waals surface area contributed by atoms with Crippen LogP contribution in [-0.4, -0.2) is 24.4 Å². The zero-order valence-corrected chi connectivity index (χ0v) is 10.4. The molecular formula is C14H15FO3. The number of alkyl halides is 1. The fourth-order valence-electron chi connectivity index (χ4n) is 2.17. The van der Waals surface area contributed by atoms with Gasteiger partial charge in [-0.05, 0) is 32.1 Å². The normalized spacial score (nSPS) is 32.9. The van der Waals surface area contributed by atoms with Gasteiger partial charge in [0.15, 0.2) is 11.9 Å². The van der Waals surface area contributed by atoms with Crippen LogP contribution in [0.15, 0.2) is 30.3 Å². The van der Waals surface area contributed by atoms with Crippen LogP contribution in [0.25, 0.3) is 6.08 Å². The van der Waals surface area contributed by atoms with Gasteiger partial charge in [0.05, 0.1) is 6.61 Å². The molecule has 2 aliphatic heterocycles. The first-order valence-corrected chi connectivity index (χ1v) is 5.96. The topological polar surface area (TPSA) is 27.7 Å². The summed E-state index contributed by atoms with van der Waals surface area (Å²) in [6.07, 6.45) is 2.36. The van der Waals surface area contributed by atoms with Crippen LogP contribution >= 0.6 is 0 Å². The lowest BCUT2D eigenvalue weighted by atomic mass is 10.1. The van der Waals surface area contributed by atoms with E-state index in [4.69, 9.17) is 14.2 Å². The summed E-state index contributed by atoms with van der Waals surface area (Å²) in [5.41, 5.74) is 0.865. The van der Waals surface area contributed by atoms with Crippen molar-refractivity contribution in [3.63, 3.8) is 0 Å². The largest absolute Gasteiger partial charge is 0.451 e. The lowest BCUT2D eigenvalue weighted by molar-refractivity contribution is -0.182. The van der Waals surface area contributed by atoms with Crippen molar-refractivity contribution < 1.29 is 18.6 Å². The second-order valence-electron chi connectivity index (χ2n) is 4.99. The Morgan fingerprint density at radius 3 is 2.78 bits per heavy atom. The van der Waals surface area contributed by atoms with Crippen molar-refractivity contribution in [3.8, 4) is 5.75 Å². The van der Waals surface area contributed by atoms with E-state index >= 15 is 0 Å². The molecule has 3 rings (SSSR count). The number of ether oxygens (including phenoxy) is 3. The molecule has 0 spiro atoms. The first kappa shape index (κ1) is 11.7. The lowest BCUT2D eigenvalue weighted by Gasteiger charge is -2.31. The van der Waals surface area contributed by atoms with E-state index in [0.717, 1.165) is 5.56 Å². The van der Waals surface area contributed by atoms with E-state index in [1.807, 2.05) is 18.2 Å². The molecule has 0 bridgehead atoms. The Kier molecular flexibility index (Phi) is 2.47. The minimum atomic E-state index is -1.97. The highest BCUT2D eigenvalue weighted by Gasteiger charge is 2.49. The summed E-state index contributed by atoms with van der Waals surface area (Å²) < 4.78 is 31.1. The molecule has 0 amide bonds. The van der Waals surface area contributed by atoms with Crippen LogP contribution in [0.1, 0.15) is 19.4 Å². The molecule has 1 aromatic carbocycles. The van der Waals surface area contributed by atoms with E-state index in [0.29, 0.717) is 5.75 Å². The molecule has 0 N–H and O–H groups in total. The van der Waals surface area contributed by atoms with Gasteiger partial charge in [0.1, 0.15) is 5.75 Å². The molecule has 18 heavy (non-hydrogen) atoms. The van der Waals surface area contributed by atoms with Crippen LogP contribution in [0, 0.1) is 0 Å². The van der Waals surface area contributed by atoms with Crippen molar-refractivity contribution in [1.82, 2.24) is 0 Å². The molecule has 3 nitrogen and oxygen atoms in total. The van der Waals surface area contributed by atoms with Crippen molar-refractivity contribution in [2.75, 3.05) is 6.61 Å². The van der Waals surface area contributed by atoms with Gasteiger partial charge < -0.3 is 14.2 Å². The lowest BCUT2D eigenvalue weighted by Crippen LogP contribution is -2.45. The van der Waals surface area contributed by atoms with Crippen molar-refractivity contribution in [3.05, 3.63) is 35.9 Å². The number of para-hydroxylation sites is 1. The Balaban J connectivity index is 1.87. The molecule has 0 aliphatic carbocycles. The Morgan fingerprint density at radius 2 is 2.06 bits per heavy atom. The molecule has 1 unspecified atom stereocenters. The van der Waals surface area contributed by atoms with Crippen molar-refractivity contribution >= 4 is 6.08 Å². The van der Waals surface area contributed by atoms with E-state index in [9.17, 15) is 4.39 Å². The average Bonchev–Trinajstić information content (AvgIpc) is 2.70. The summed E-state index contributed by atoms with van der Waals surface area (Å²) >= 11 is 0. The Morgan fingerprint density at radius 1 is 1.28 bits per heavy atom. The monoisotopic (exact) mass is 250 g/mol. The second-order valence-corrected chi connectivity index (χ2v) is 4.99. The standard InChI is InChI=1S/C14H15FO3/c1-13(2)16-9-12(18-13)14(15)8-7-10-5-3-4-6-11(10)17-14/h3-8,12H,9H2,1-2H3/t12-,14?/m1/s1. The van der Waals surface area contributed by atoms with E-state index in [2.05, 4.69) is 0 Å². The summed E-state index contributed by atoms with van der Waals surface area (Å²) in [7, 11) is 0. The second kappa shape index (κ2) is 3.80. The number of fused-ring (bicyclic) bond motifs is 1. The quantitative estimate of drug-likeness (QED) is 0.767. The fraction of sp³-hybridized carbons (Fsp3) is 0.429. The average molecular weight is 250 g/mol. The van der Waals surface area contributed by atoms with Crippen LogP contribution in [-0.2, 0) is 9.47 Å². The number of rotatable bonds is 1. The van der Waals surface area contributed by atoms with Gasteiger partial charge in [-0.2, -0.15) is 4.39 Å². The molecule has 4 heteroatoms. The third-order valence-electron chi connectivity index (χ3n) is 3.12. The minimum Gasteiger partial charge on any atom is -0.451 e. The van der Waals surface area contributed by atoms with Gasteiger partial charge in [-0.15, -0.1) is 0 Å². The van der Waals surface area contributed by atoms with Crippen LogP contribution in [0.4, 0.5) is 4.39 Å². The highest BCUT2D eigenvalue weighted by molar-refractivity contribution is 5.60. The van der Waals surface area contributed by atoms with Gasteiger partial charge in [0.25, 0.3) is 5.85 Å². The maximum absolute atomic E-state index is 14.8. The highest BCUT2D eigenvalue weighted by atomic mass is 19.2. The first-order chi connectivity index (χ1) is 8.49. The third kappa shape index (κ3) is 1.91. The molecule has 0 aromatic heterocycles. The predicted octanol–water partition coefficient (Wildman–Crippen LogP) is 2.91. The van der Waals surface area contributed by atoms with E-state index < -0.39 is 17.7 Å². The van der Waals surface area contributed by atoms with Gasteiger partial charge >= 0.3 is 0 Å². The van der Waals surface area contributed by atoms with Crippen LogP contribution < -0.4 is 4.74 Å². The third-order valence-corrected chi connectivity index (χ3v) is 3.12. The Labute approximate surface area is 105 Å². The molecule has 0 radical (unpaired) electrons. The van der Waals surface area contributed by atoms with Crippen LogP contribution in [0.5, 0.6) is 5.75 Å². The van der Waals surface area contributed by atoms with Crippen molar-refractivity contribution in [2.24, 2.45) is 0 Å². The van der Waals surface area contributed by atoms with E-state index in [-0.39, 0.29) is 6.61 Å². The number of hydrogen-bond acceptors (Lipinski definition) is 3. The van der Waals surface area contributed by atoms with Crippen LogP contribution in [0.2, 0.25) is 0 Å². The predicted molar refractivity (Wildman–Crippen MR) is 64.8 cm³/mol. The fourth-order valence-corrected chi connectivity index (χ4v) is 2.17. The van der Waals surface area contributed by atoms with Gasteiger partial charge in [-0.3, -0.25) is 0 Å². The summed E-state index contributed by atoms with van der Waals surface area (Å²) in [4.78, 5) is 0. The molecule has 2 heterocycles. The zero-order valence-electron chi connectivity index (χ0n) is 10.4. The molecule has 96 valence electrons. The van der Waals surface area contributed by atoms with Gasteiger partial charge in [-0.25, -0.2) is 0 Å². The maximum Gasteiger partial charge on any atom is 0.295 e. The summed E-state index contributed by atoms with van der Waals surface area (Å²) in [5, 5.41) is 0. The van der Waals surface area contributed by atoms with E-state index in [1.165, 1.54) is 6.08 Å². The van der Waals surface area contributed by atoms with Crippen molar-refractivity contribution in [1.29, 1.82) is 0 Å². The summed E-state index contributed by atoms with van der Waals surface area (Å²) in [6.45, 7) is 3.70. The first-order valence-electron chi connectivity index (χ1n) is 5.96.